The summed E-state index contributed by atoms with van der Waals surface area (Å²) in [6.07, 6.45) is 3.31. The SMILES string of the molecule is CCNc1nc(Oc2cccnc2)nc(N(CC)CC)n1. The van der Waals surface area contributed by atoms with Gasteiger partial charge in [0, 0.05) is 25.8 Å². The maximum Gasteiger partial charge on any atom is 0.328 e. The van der Waals surface area contributed by atoms with Gasteiger partial charge in [0.2, 0.25) is 11.9 Å². The maximum absolute atomic E-state index is 5.65. The van der Waals surface area contributed by atoms with Crippen molar-refractivity contribution in [3.63, 3.8) is 0 Å². The number of anilines is 2. The van der Waals surface area contributed by atoms with Gasteiger partial charge in [-0.3, -0.25) is 4.98 Å². The van der Waals surface area contributed by atoms with E-state index in [9.17, 15) is 0 Å². The Balaban J connectivity index is 2.30. The van der Waals surface area contributed by atoms with Crippen molar-refractivity contribution in [2.45, 2.75) is 20.8 Å². The number of nitrogens with one attached hydrogen (secondary N) is 1. The minimum atomic E-state index is 0.260. The van der Waals surface area contributed by atoms with Crippen LogP contribution in [-0.4, -0.2) is 39.6 Å². The van der Waals surface area contributed by atoms with Gasteiger partial charge in [0.25, 0.3) is 0 Å². The Bertz CT molecular complexity index is 559. The van der Waals surface area contributed by atoms with Gasteiger partial charge < -0.3 is 15.0 Å². The number of rotatable bonds is 7. The molecule has 0 aliphatic heterocycles. The van der Waals surface area contributed by atoms with Crippen LogP contribution in [0.25, 0.3) is 0 Å². The van der Waals surface area contributed by atoms with Crippen molar-refractivity contribution >= 4 is 11.9 Å². The van der Waals surface area contributed by atoms with E-state index < -0.39 is 0 Å². The van der Waals surface area contributed by atoms with E-state index in [-0.39, 0.29) is 6.01 Å². The normalized spacial score (nSPS) is 10.2. The van der Waals surface area contributed by atoms with Crippen molar-refractivity contribution in [1.82, 2.24) is 19.9 Å². The smallest absolute Gasteiger partial charge is 0.328 e. The fraction of sp³-hybridized carbons (Fsp3) is 0.429. The molecular formula is C14H20N6O. The van der Waals surface area contributed by atoms with Gasteiger partial charge in [0.05, 0.1) is 6.20 Å². The predicted molar refractivity (Wildman–Crippen MR) is 81.9 cm³/mol. The Morgan fingerprint density at radius 1 is 1.14 bits per heavy atom. The molecule has 0 spiro atoms. The van der Waals surface area contributed by atoms with Crippen molar-refractivity contribution in [2.75, 3.05) is 29.9 Å². The van der Waals surface area contributed by atoms with Crippen molar-refractivity contribution in [3.8, 4) is 11.8 Å². The number of hydrogen-bond donors (Lipinski definition) is 1. The molecule has 2 aromatic rings. The first kappa shape index (κ1) is 15.0. The molecule has 0 amide bonds. The Morgan fingerprint density at radius 2 is 1.95 bits per heavy atom. The van der Waals surface area contributed by atoms with E-state index in [0.29, 0.717) is 17.6 Å². The lowest BCUT2D eigenvalue weighted by Gasteiger charge is -2.19. The van der Waals surface area contributed by atoms with E-state index in [1.165, 1.54) is 0 Å². The number of ether oxygens (including phenoxy) is 1. The van der Waals surface area contributed by atoms with Crippen LogP contribution in [-0.2, 0) is 0 Å². The van der Waals surface area contributed by atoms with Crippen LogP contribution in [0.3, 0.4) is 0 Å². The lowest BCUT2D eigenvalue weighted by molar-refractivity contribution is 0.438. The second-order valence-corrected chi connectivity index (χ2v) is 4.24. The minimum Gasteiger partial charge on any atom is -0.422 e. The van der Waals surface area contributed by atoms with E-state index in [1.807, 2.05) is 11.8 Å². The van der Waals surface area contributed by atoms with E-state index in [0.717, 1.165) is 19.6 Å². The fourth-order valence-corrected chi connectivity index (χ4v) is 1.79. The Labute approximate surface area is 124 Å². The van der Waals surface area contributed by atoms with Crippen LogP contribution >= 0.6 is 0 Å². The third kappa shape index (κ3) is 4.01. The summed E-state index contributed by atoms with van der Waals surface area (Å²) in [4.78, 5) is 19.1. The fourth-order valence-electron chi connectivity index (χ4n) is 1.79. The summed E-state index contributed by atoms with van der Waals surface area (Å²) in [5.74, 6) is 1.70. The number of pyridine rings is 1. The molecule has 2 heterocycles. The molecule has 2 rings (SSSR count). The van der Waals surface area contributed by atoms with Gasteiger partial charge in [-0.2, -0.15) is 15.0 Å². The molecule has 0 bridgehead atoms. The summed E-state index contributed by atoms with van der Waals surface area (Å²) >= 11 is 0. The number of hydrogen-bond acceptors (Lipinski definition) is 7. The second kappa shape index (κ2) is 7.37. The molecule has 2 aromatic heterocycles. The van der Waals surface area contributed by atoms with Gasteiger partial charge in [0.15, 0.2) is 0 Å². The Morgan fingerprint density at radius 3 is 2.57 bits per heavy atom. The third-order valence-corrected chi connectivity index (χ3v) is 2.83. The molecule has 0 fully saturated rings. The van der Waals surface area contributed by atoms with Crippen molar-refractivity contribution in [3.05, 3.63) is 24.5 Å². The molecule has 21 heavy (non-hydrogen) atoms. The molecule has 0 saturated heterocycles. The monoisotopic (exact) mass is 288 g/mol. The highest BCUT2D eigenvalue weighted by Gasteiger charge is 2.12. The van der Waals surface area contributed by atoms with Crippen LogP contribution in [0.1, 0.15) is 20.8 Å². The van der Waals surface area contributed by atoms with E-state index in [1.54, 1.807) is 24.5 Å². The molecule has 0 radical (unpaired) electrons. The first-order valence-corrected chi connectivity index (χ1v) is 7.09. The maximum atomic E-state index is 5.65. The van der Waals surface area contributed by atoms with Gasteiger partial charge in [-0.25, -0.2) is 0 Å². The molecule has 112 valence electrons. The topological polar surface area (TPSA) is 76.1 Å². The zero-order valence-corrected chi connectivity index (χ0v) is 12.6. The lowest BCUT2D eigenvalue weighted by atomic mass is 10.5. The second-order valence-electron chi connectivity index (χ2n) is 4.24. The number of nitrogens with zero attached hydrogens (tertiary/aromatic N) is 5. The molecule has 1 N–H and O–H groups in total. The summed E-state index contributed by atoms with van der Waals surface area (Å²) in [6, 6.07) is 3.87. The van der Waals surface area contributed by atoms with Crippen LogP contribution < -0.4 is 15.0 Å². The molecule has 0 aromatic carbocycles. The summed E-state index contributed by atoms with van der Waals surface area (Å²) in [5, 5.41) is 3.09. The lowest BCUT2D eigenvalue weighted by Crippen LogP contribution is -2.25. The molecule has 0 unspecified atom stereocenters. The third-order valence-electron chi connectivity index (χ3n) is 2.83. The van der Waals surface area contributed by atoms with E-state index in [2.05, 4.69) is 39.1 Å². The molecule has 0 saturated carbocycles. The summed E-state index contributed by atoms with van der Waals surface area (Å²) in [6.45, 7) is 8.47. The van der Waals surface area contributed by atoms with Crippen LogP contribution in [0.2, 0.25) is 0 Å². The van der Waals surface area contributed by atoms with Gasteiger partial charge in [-0.15, -0.1) is 0 Å². The highest BCUT2D eigenvalue weighted by atomic mass is 16.5. The van der Waals surface area contributed by atoms with Crippen molar-refractivity contribution in [1.29, 1.82) is 0 Å². The zero-order chi connectivity index (χ0) is 15.1. The Kier molecular flexibility index (Phi) is 5.25. The highest BCUT2D eigenvalue weighted by Crippen LogP contribution is 2.20. The van der Waals surface area contributed by atoms with Crippen LogP contribution in [0.5, 0.6) is 11.8 Å². The highest BCUT2D eigenvalue weighted by molar-refractivity contribution is 5.38. The van der Waals surface area contributed by atoms with Crippen LogP contribution in [0.15, 0.2) is 24.5 Å². The minimum absolute atomic E-state index is 0.260. The summed E-state index contributed by atoms with van der Waals surface area (Å²) < 4.78 is 5.65. The zero-order valence-electron chi connectivity index (χ0n) is 12.6. The summed E-state index contributed by atoms with van der Waals surface area (Å²) in [5.41, 5.74) is 0. The van der Waals surface area contributed by atoms with Crippen LogP contribution in [0, 0.1) is 0 Å². The average Bonchev–Trinajstić information content (AvgIpc) is 2.50. The van der Waals surface area contributed by atoms with Gasteiger partial charge >= 0.3 is 6.01 Å². The standard InChI is InChI=1S/C14H20N6O/c1-4-16-12-17-13(20(5-2)6-3)19-14(18-12)21-11-8-7-9-15-10-11/h7-10H,4-6H2,1-3H3,(H,16,17,18,19). The summed E-state index contributed by atoms with van der Waals surface area (Å²) in [7, 11) is 0. The molecule has 7 heteroatoms. The predicted octanol–water partition coefficient (Wildman–Crippen LogP) is 2.34. The molecule has 0 aliphatic rings. The van der Waals surface area contributed by atoms with Crippen LogP contribution in [0.4, 0.5) is 11.9 Å². The van der Waals surface area contributed by atoms with Crippen molar-refractivity contribution < 1.29 is 4.74 Å². The molecule has 7 nitrogen and oxygen atoms in total. The largest absolute Gasteiger partial charge is 0.422 e. The molecular weight excluding hydrogens is 268 g/mol. The van der Waals surface area contributed by atoms with E-state index in [4.69, 9.17) is 4.74 Å². The Hall–Kier alpha value is -2.44. The number of aromatic nitrogens is 4. The first-order chi connectivity index (χ1) is 10.3. The van der Waals surface area contributed by atoms with Gasteiger partial charge in [-0.05, 0) is 32.9 Å². The van der Waals surface area contributed by atoms with Gasteiger partial charge in [0.1, 0.15) is 5.75 Å². The average molecular weight is 288 g/mol. The first-order valence-electron chi connectivity index (χ1n) is 7.09. The van der Waals surface area contributed by atoms with Crippen molar-refractivity contribution in [2.24, 2.45) is 0 Å². The molecule has 0 aliphatic carbocycles. The van der Waals surface area contributed by atoms with E-state index >= 15 is 0 Å². The molecule has 0 atom stereocenters. The quantitative estimate of drug-likeness (QED) is 0.838. The van der Waals surface area contributed by atoms with Gasteiger partial charge in [-0.1, -0.05) is 0 Å².